The lowest BCUT2D eigenvalue weighted by Gasteiger charge is -2.35. The third-order valence-electron chi connectivity index (χ3n) is 4.21. The summed E-state index contributed by atoms with van der Waals surface area (Å²) in [5.41, 5.74) is 0. The normalized spacial score (nSPS) is 32.9. The minimum absolute atomic E-state index is 0.0601. The maximum atomic E-state index is 11.6. The molecule has 0 aromatic carbocycles. The Bertz CT molecular complexity index is 283. The summed E-state index contributed by atoms with van der Waals surface area (Å²) in [7, 11) is 8.31. The van der Waals surface area contributed by atoms with Crippen LogP contribution in [0, 0.1) is 5.92 Å². The zero-order valence-corrected chi connectivity index (χ0v) is 13.1. The zero-order chi connectivity index (χ0) is 13.8. The molecule has 0 N–H and O–H groups in total. The Balaban J connectivity index is 2.79. The highest BCUT2D eigenvalue weighted by Crippen LogP contribution is 2.43. The van der Waals surface area contributed by atoms with Crippen LogP contribution in [0.2, 0.25) is 5.31 Å². The van der Waals surface area contributed by atoms with Crippen molar-refractivity contribution in [3.63, 3.8) is 0 Å². The van der Waals surface area contributed by atoms with Gasteiger partial charge < -0.3 is 4.90 Å². The second-order valence-corrected chi connectivity index (χ2v) is 6.97. The molecule has 0 aromatic heterocycles. The van der Waals surface area contributed by atoms with Crippen molar-refractivity contribution >= 4 is 25.5 Å². The number of hydrogen-bond donors (Lipinski definition) is 0. The minimum atomic E-state index is -0.0601. The second kappa shape index (κ2) is 6.88. The van der Waals surface area contributed by atoms with Crippen LogP contribution in [0.15, 0.2) is 0 Å². The molecule has 2 nitrogen and oxygen atoms in total. The molecule has 18 heavy (non-hydrogen) atoms. The second-order valence-electron chi connectivity index (χ2n) is 5.99. The molecule has 0 saturated heterocycles. The lowest BCUT2D eigenvalue weighted by molar-refractivity contribution is -0.130. The van der Waals surface area contributed by atoms with Crippen molar-refractivity contribution in [1.82, 2.24) is 4.90 Å². The summed E-state index contributed by atoms with van der Waals surface area (Å²) in [6.45, 7) is 3.83. The summed E-state index contributed by atoms with van der Waals surface area (Å²) in [5, 5.41) is -0.0601. The van der Waals surface area contributed by atoms with Crippen LogP contribution >= 0.6 is 11.8 Å². The van der Waals surface area contributed by atoms with E-state index in [1.165, 1.54) is 0 Å². The van der Waals surface area contributed by atoms with Crippen LogP contribution in [0.1, 0.15) is 46.0 Å². The maximum Gasteiger partial charge on any atom is 0.219 e. The van der Waals surface area contributed by atoms with E-state index in [2.05, 4.69) is 13.2 Å². The smallest absolute Gasteiger partial charge is 0.219 e. The average Bonchev–Trinajstić information content (AvgIpc) is 2.43. The Morgan fingerprint density at radius 2 is 2.22 bits per heavy atom. The quantitative estimate of drug-likeness (QED) is 0.576. The average molecular weight is 267 g/mol. The van der Waals surface area contributed by atoms with Crippen LogP contribution in [0.4, 0.5) is 0 Å². The van der Waals surface area contributed by atoms with Crippen LogP contribution in [0.3, 0.4) is 0 Å². The molecule has 3 atom stereocenters. The van der Waals surface area contributed by atoms with Gasteiger partial charge in [0, 0.05) is 20.0 Å². The molecule has 2 radical (unpaired) electrons. The highest BCUT2D eigenvalue weighted by molar-refractivity contribution is 7.98. The van der Waals surface area contributed by atoms with Gasteiger partial charge in [-0.1, -0.05) is 31.5 Å². The highest BCUT2D eigenvalue weighted by Gasteiger charge is 2.34. The van der Waals surface area contributed by atoms with Crippen LogP contribution in [0.25, 0.3) is 0 Å². The largest absolute Gasteiger partial charge is 0.343 e. The Kier molecular flexibility index (Phi) is 6.09. The highest BCUT2D eigenvalue weighted by atomic mass is 32.2. The van der Waals surface area contributed by atoms with Crippen molar-refractivity contribution < 1.29 is 4.79 Å². The van der Waals surface area contributed by atoms with Gasteiger partial charge in [0.1, 0.15) is 0 Å². The van der Waals surface area contributed by atoms with E-state index in [0.717, 1.165) is 37.9 Å². The van der Waals surface area contributed by atoms with E-state index in [0.29, 0.717) is 12.0 Å². The van der Waals surface area contributed by atoms with E-state index in [4.69, 9.17) is 7.85 Å². The molecule has 0 heterocycles. The number of carbonyl (C=O) groups excluding carboxylic acids is 1. The van der Waals surface area contributed by atoms with Gasteiger partial charge in [-0.25, -0.2) is 0 Å². The molecule has 0 aromatic rings. The number of carbonyl (C=O) groups is 1. The summed E-state index contributed by atoms with van der Waals surface area (Å²) in [6, 6.07) is 0.375. The van der Waals surface area contributed by atoms with E-state index >= 15 is 0 Å². The lowest BCUT2D eigenvalue weighted by atomic mass is 9.63. The molecule has 1 rings (SSSR count). The van der Waals surface area contributed by atoms with Crippen LogP contribution in [-0.2, 0) is 4.79 Å². The zero-order valence-electron chi connectivity index (χ0n) is 12.2. The number of amides is 1. The van der Waals surface area contributed by atoms with E-state index in [-0.39, 0.29) is 11.2 Å². The first-order chi connectivity index (χ1) is 8.37. The van der Waals surface area contributed by atoms with Crippen molar-refractivity contribution in [1.29, 1.82) is 0 Å². The fourth-order valence-corrected chi connectivity index (χ4v) is 3.63. The summed E-state index contributed by atoms with van der Waals surface area (Å²) in [6.07, 6.45) is 7.64. The monoisotopic (exact) mass is 267 g/mol. The maximum absolute atomic E-state index is 11.6. The molecular formula is C14H26BNOS. The molecule has 0 bridgehead atoms. The standard InChI is InChI=1S/C14H26BNOS/c1-11(17)16(3)13-6-5-8-14(2,15)10-12(13)7-9-18-4/h12-13H,5-10H2,1-4H3. The molecule has 4 heteroatoms. The summed E-state index contributed by atoms with van der Waals surface area (Å²) in [5.74, 6) is 1.88. The van der Waals surface area contributed by atoms with Gasteiger partial charge >= 0.3 is 0 Å². The Hall–Kier alpha value is -0.115. The SMILES string of the molecule is [B]C1(C)CCCC(N(C)C(C)=O)C(CCSC)C1. The van der Waals surface area contributed by atoms with Crippen LogP contribution in [0.5, 0.6) is 0 Å². The topological polar surface area (TPSA) is 20.3 Å². The summed E-state index contributed by atoms with van der Waals surface area (Å²) in [4.78, 5) is 13.6. The van der Waals surface area contributed by atoms with Crippen molar-refractivity contribution in [2.75, 3.05) is 19.1 Å². The molecule has 1 aliphatic rings. The first-order valence-electron chi connectivity index (χ1n) is 6.88. The lowest BCUT2D eigenvalue weighted by Crippen LogP contribution is -2.41. The van der Waals surface area contributed by atoms with Gasteiger partial charge in [-0.15, -0.1) is 0 Å². The Morgan fingerprint density at radius 1 is 1.56 bits per heavy atom. The molecule has 0 spiro atoms. The van der Waals surface area contributed by atoms with Gasteiger partial charge in [0.05, 0.1) is 7.85 Å². The van der Waals surface area contributed by atoms with Gasteiger partial charge in [-0.05, 0) is 30.8 Å². The molecular weight excluding hydrogens is 241 g/mol. The molecule has 1 fully saturated rings. The van der Waals surface area contributed by atoms with Crippen molar-refractivity contribution in [3.8, 4) is 0 Å². The third-order valence-corrected chi connectivity index (χ3v) is 4.85. The van der Waals surface area contributed by atoms with Crippen LogP contribution in [-0.4, -0.2) is 43.8 Å². The van der Waals surface area contributed by atoms with E-state index in [1.807, 2.05) is 23.7 Å². The number of thioether (sulfide) groups is 1. The molecule has 0 aliphatic heterocycles. The van der Waals surface area contributed by atoms with Gasteiger partial charge in [-0.3, -0.25) is 4.79 Å². The van der Waals surface area contributed by atoms with Gasteiger partial charge in [0.2, 0.25) is 5.91 Å². The van der Waals surface area contributed by atoms with E-state index in [9.17, 15) is 4.79 Å². The third kappa shape index (κ3) is 4.53. The molecule has 1 aliphatic carbocycles. The predicted molar refractivity (Wildman–Crippen MR) is 81.3 cm³/mol. The summed E-state index contributed by atoms with van der Waals surface area (Å²) >= 11 is 1.88. The molecule has 102 valence electrons. The van der Waals surface area contributed by atoms with E-state index < -0.39 is 0 Å². The first-order valence-corrected chi connectivity index (χ1v) is 8.28. The predicted octanol–water partition coefficient (Wildman–Crippen LogP) is 3.12. The van der Waals surface area contributed by atoms with Crippen molar-refractivity contribution in [2.24, 2.45) is 5.92 Å². The number of rotatable bonds is 4. The number of nitrogens with zero attached hydrogens (tertiary/aromatic N) is 1. The number of hydrogen-bond acceptors (Lipinski definition) is 2. The van der Waals surface area contributed by atoms with Crippen molar-refractivity contribution in [3.05, 3.63) is 0 Å². The molecule has 1 amide bonds. The van der Waals surface area contributed by atoms with Gasteiger partial charge in [-0.2, -0.15) is 11.8 Å². The van der Waals surface area contributed by atoms with E-state index in [1.54, 1.807) is 6.92 Å². The first kappa shape index (κ1) is 15.9. The van der Waals surface area contributed by atoms with Gasteiger partial charge in [0.15, 0.2) is 0 Å². The fraction of sp³-hybridized carbons (Fsp3) is 0.929. The fourth-order valence-electron chi connectivity index (χ4n) is 3.09. The summed E-state index contributed by atoms with van der Waals surface area (Å²) < 4.78 is 0. The Morgan fingerprint density at radius 3 is 2.78 bits per heavy atom. The van der Waals surface area contributed by atoms with Crippen LogP contribution < -0.4 is 0 Å². The molecule has 3 unspecified atom stereocenters. The van der Waals surface area contributed by atoms with Gasteiger partial charge in [0.25, 0.3) is 0 Å². The Labute approximate surface area is 118 Å². The minimum Gasteiger partial charge on any atom is -0.343 e. The van der Waals surface area contributed by atoms with Crippen molar-refractivity contribution in [2.45, 2.75) is 57.3 Å². The molecule has 1 saturated carbocycles.